The lowest BCUT2D eigenvalue weighted by Gasteiger charge is -2.41. The SMILES string of the molecule is COc1ccc(CNC(=O)CN2C(=O)N(c3ccccc3OC)C(=O)C3SC=CC32)cc1. The Morgan fingerprint density at radius 3 is 2.53 bits per heavy atom. The largest absolute Gasteiger partial charge is 0.497 e. The maximum Gasteiger partial charge on any atom is 0.332 e. The number of carbonyl (C=O) groups excluding carboxylic acids is 3. The molecule has 32 heavy (non-hydrogen) atoms. The average molecular weight is 454 g/mol. The van der Waals surface area contributed by atoms with Crippen LogP contribution in [-0.2, 0) is 16.1 Å². The summed E-state index contributed by atoms with van der Waals surface area (Å²) in [6.45, 7) is 0.151. The first kappa shape index (κ1) is 21.8. The molecule has 1 N–H and O–H groups in total. The Hall–Kier alpha value is -3.46. The number of fused-ring (bicyclic) bond motifs is 1. The van der Waals surface area contributed by atoms with Gasteiger partial charge in [0.05, 0.1) is 25.9 Å². The smallest absolute Gasteiger partial charge is 0.332 e. The van der Waals surface area contributed by atoms with Crippen molar-refractivity contribution in [1.82, 2.24) is 10.2 Å². The van der Waals surface area contributed by atoms with Gasteiger partial charge in [0.25, 0.3) is 5.91 Å². The third-order valence-corrected chi connectivity index (χ3v) is 6.45. The Labute approximate surface area is 190 Å². The lowest BCUT2D eigenvalue weighted by Crippen LogP contribution is -2.63. The van der Waals surface area contributed by atoms with E-state index >= 15 is 0 Å². The number of anilines is 1. The molecule has 2 aromatic rings. The molecule has 2 unspecified atom stereocenters. The van der Waals surface area contributed by atoms with Crippen molar-refractivity contribution in [2.75, 3.05) is 25.7 Å². The number of urea groups is 1. The number of benzene rings is 2. The van der Waals surface area contributed by atoms with Crippen LogP contribution in [0.2, 0.25) is 0 Å². The summed E-state index contributed by atoms with van der Waals surface area (Å²) in [5, 5.41) is 4.13. The quantitative estimate of drug-likeness (QED) is 0.694. The third kappa shape index (κ3) is 4.16. The predicted octanol–water partition coefficient (Wildman–Crippen LogP) is 2.79. The van der Waals surface area contributed by atoms with E-state index in [4.69, 9.17) is 9.47 Å². The van der Waals surface area contributed by atoms with Crippen molar-refractivity contribution in [2.24, 2.45) is 0 Å². The number of rotatable bonds is 7. The molecule has 8 nitrogen and oxygen atoms in total. The molecule has 1 saturated heterocycles. The second-order valence-electron chi connectivity index (χ2n) is 7.26. The van der Waals surface area contributed by atoms with Gasteiger partial charge < -0.3 is 19.7 Å². The normalized spacial score (nSPS) is 19.7. The van der Waals surface area contributed by atoms with Crippen LogP contribution >= 0.6 is 11.8 Å². The van der Waals surface area contributed by atoms with Crippen LogP contribution < -0.4 is 19.7 Å². The molecule has 0 bridgehead atoms. The minimum absolute atomic E-state index is 0.167. The van der Waals surface area contributed by atoms with Gasteiger partial charge in [0.1, 0.15) is 23.3 Å². The monoisotopic (exact) mass is 453 g/mol. The molecule has 0 aromatic heterocycles. The van der Waals surface area contributed by atoms with Crippen LogP contribution in [0.1, 0.15) is 5.56 Å². The molecule has 166 valence electrons. The van der Waals surface area contributed by atoms with E-state index in [1.54, 1.807) is 42.9 Å². The molecule has 0 spiro atoms. The van der Waals surface area contributed by atoms with Crippen LogP contribution in [0.4, 0.5) is 10.5 Å². The molecule has 0 radical (unpaired) electrons. The highest BCUT2D eigenvalue weighted by molar-refractivity contribution is 8.03. The summed E-state index contributed by atoms with van der Waals surface area (Å²) in [6, 6.07) is 13.2. The summed E-state index contributed by atoms with van der Waals surface area (Å²) in [6.07, 6.45) is 1.79. The van der Waals surface area contributed by atoms with Crippen molar-refractivity contribution in [1.29, 1.82) is 0 Å². The summed E-state index contributed by atoms with van der Waals surface area (Å²) in [5.41, 5.74) is 1.27. The van der Waals surface area contributed by atoms with Crippen molar-refractivity contribution in [3.05, 3.63) is 65.6 Å². The minimum Gasteiger partial charge on any atom is -0.497 e. The van der Waals surface area contributed by atoms with E-state index in [0.29, 0.717) is 18.0 Å². The van der Waals surface area contributed by atoms with E-state index in [9.17, 15) is 14.4 Å². The van der Waals surface area contributed by atoms with Crippen LogP contribution in [0, 0.1) is 0 Å². The van der Waals surface area contributed by atoms with Crippen LogP contribution in [0.3, 0.4) is 0 Å². The number of amides is 4. The van der Waals surface area contributed by atoms with Crippen LogP contribution in [0.5, 0.6) is 11.5 Å². The van der Waals surface area contributed by atoms with Gasteiger partial charge in [0.2, 0.25) is 5.91 Å². The fourth-order valence-electron chi connectivity index (χ4n) is 3.70. The van der Waals surface area contributed by atoms with E-state index in [-0.39, 0.29) is 18.4 Å². The van der Waals surface area contributed by atoms with Gasteiger partial charge in [-0.05, 0) is 35.2 Å². The van der Waals surface area contributed by atoms with E-state index in [2.05, 4.69) is 5.32 Å². The third-order valence-electron chi connectivity index (χ3n) is 5.36. The van der Waals surface area contributed by atoms with Gasteiger partial charge in [0, 0.05) is 6.54 Å². The Kier molecular flexibility index (Phi) is 6.36. The first-order chi connectivity index (χ1) is 15.5. The summed E-state index contributed by atoms with van der Waals surface area (Å²) in [4.78, 5) is 41.7. The minimum atomic E-state index is -0.549. The predicted molar refractivity (Wildman–Crippen MR) is 122 cm³/mol. The zero-order valence-corrected chi connectivity index (χ0v) is 18.5. The molecular weight excluding hydrogens is 430 g/mol. The standard InChI is InChI=1S/C23H23N3O5S/c1-30-16-9-7-15(8-10-16)13-24-20(27)14-25-18-11-12-32-21(18)22(28)26(23(25)29)17-5-3-4-6-19(17)31-2/h3-12,18,21H,13-14H2,1-2H3,(H,24,27). The number of thioether (sulfide) groups is 1. The van der Waals surface area contributed by atoms with Gasteiger partial charge in [0.15, 0.2) is 0 Å². The maximum atomic E-state index is 13.4. The van der Waals surface area contributed by atoms with E-state index in [1.165, 1.54) is 23.8 Å². The highest BCUT2D eigenvalue weighted by atomic mass is 32.2. The average Bonchev–Trinajstić information content (AvgIpc) is 3.31. The molecule has 9 heteroatoms. The number of hydrogen-bond acceptors (Lipinski definition) is 6. The fourth-order valence-corrected chi connectivity index (χ4v) is 4.75. The fraction of sp³-hybridized carbons (Fsp3) is 0.261. The van der Waals surface area contributed by atoms with Gasteiger partial charge in [-0.2, -0.15) is 0 Å². The van der Waals surface area contributed by atoms with Crippen molar-refractivity contribution >= 4 is 35.3 Å². The van der Waals surface area contributed by atoms with Crippen molar-refractivity contribution in [3.8, 4) is 11.5 Å². The second-order valence-corrected chi connectivity index (χ2v) is 8.31. The van der Waals surface area contributed by atoms with E-state index in [0.717, 1.165) is 16.2 Å². The zero-order chi connectivity index (χ0) is 22.7. The summed E-state index contributed by atoms with van der Waals surface area (Å²) in [5.74, 6) is 0.506. The van der Waals surface area contributed by atoms with Gasteiger partial charge >= 0.3 is 6.03 Å². The molecule has 4 amide bonds. The molecule has 4 rings (SSSR count). The number of nitrogens with zero attached hydrogens (tertiary/aromatic N) is 2. The molecule has 0 aliphatic carbocycles. The maximum absolute atomic E-state index is 13.4. The van der Waals surface area contributed by atoms with Crippen LogP contribution in [0.15, 0.2) is 60.0 Å². The number of nitrogens with one attached hydrogen (secondary N) is 1. The second kappa shape index (κ2) is 9.35. The first-order valence-corrected chi connectivity index (χ1v) is 11.0. The Morgan fingerprint density at radius 2 is 1.81 bits per heavy atom. The topological polar surface area (TPSA) is 88.2 Å². The molecule has 0 saturated carbocycles. The molecule has 1 fully saturated rings. The molecule has 2 heterocycles. The summed E-state index contributed by atoms with van der Waals surface area (Å²) in [7, 11) is 3.07. The van der Waals surface area contributed by atoms with Crippen LogP contribution in [-0.4, -0.2) is 54.8 Å². The Bertz CT molecular complexity index is 1060. The molecule has 2 aromatic carbocycles. The van der Waals surface area contributed by atoms with Gasteiger partial charge in [-0.3, -0.25) is 9.59 Å². The molecular formula is C23H23N3O5S. The highest BCUT2D eigenvalue weighted by Gasteiger charge is 2.48. The lowest BCUT2D eigenvalue weighted by molar-refractivity contribution is -0.124. The van der Waals surface area contributed by atoms with Crippen molar-refractivity contribution in [2.45, 2.75) is 17.8 Å². The van der Waals surface area contributed by atoms with Crippen molar-refractivity contribution < 1.29 is 23.9 Å². The Morgan fingerprint density at radius 1 is 1.06 bits per heavy atom. The zero-order valence-electron chi connectivity index (χ0n) is 17.7. The number of ether oxygens (including phenoxy) is 2. The van der Waals surface area contributed by atoms with Crippen LogP contribution in [0.25, 0.3) is 0 Å². The van der Waals surface area contributed by atoms with Gasteiger partial charge in [-0.15, -0.1) is 11.8 Å². The molecule has 2 aliphatic heterocycles. The van der Waals surface area contributed by atoms with E-state index < -0.39 is 17.3 Å². The molecule has 2 atom stereocenters. The Balaban J connectivity index is 1.51. The summed E-state index contributed by atoms with van der Waals surface area (Å²) < 4.78 is 10.5. The first-order valence-electron chi connectivity index (χ1n) is 10.0. The van der Waals surface area contributed by atoms with E-state index in [1.807, 2.05) is 24.3 Å². The van der Waals surface area contributed by atoms with Crippen molar-refractivity contribution in [3.63, 3.8) is 0 Å². The number of carbonyl (C=O) groups is 3. The summed E-state index contributed by atoms with van der Waals surface area (Å²) >= 11 is 1.34. The number of para-hydroxylation sites is 2. The number of imide groups is 1. The van der Waals surface area contributed by atoms with Gasteiger partial charge in [-0.25, -0.2) is 9.69 Å². The highest BCUT2D eigenvalue weighted by Crippen LogP contribution is 2.38. The lowest BCUT2D eigenvalue weighted by atomic mass is 10.1. The number of methoxy groups -OCH3 is 2. The number of hydrogen-bond donors (Lipinski definition) is 1. The molecule has 2 aliphatic rings. The van der Waals surface area contributed by atoms with Gasteiger partial charge in [-0.1, -0.05) is 30.3 Å².